The van der Waals surface area contributed by atoms with E-state index < -0.39 is 0 Å². The SMILES string of the molecule is CC(C)c1ccccc1NCc1nnc(-c2ccccc2)o1. The summed E-state index contributed by atoms with van der Waals surface area (Å²) >= 11 is 0. The highest BCUT2D eigenvalue weighted by atomic mass is 16.4. The first kappa shape index (κ1) is 14.3. The van der Waals surface area contributed by atoms with Gasteiger partial charge in [-0.1, -0.05) is 50.2 Å². The molecular formula is C18H19N3O. The molecule has 0 atom stereocenters. The minimum atomic E-state index is 0.464. The molecule has 0 aliphatic heterocycles. The molecule has 0 unspecified atom stereocenters. The Kier molecular flexibility index (Phi) is 4.19. The molecule has 4 heteroatoms. The van der Waals surface area contributed by atoms with E-state index in [4.69, 9.17) is 4.42 Å². The summed E-state index contributed by atoms with van der Waals surface area (Å²) in [5.41, 5.74) is 3.33. The van der Waals surface area contributed by atoms with E-state index >= 15 is 0 Å². The largest absolute Gasteiger partial charge is 0.419 e. The highest BCUT2D eigenvalue weighted by Crippen LogP contribution is 2.24. The molecule has 0 radical (unpaired) electrons. The lowest BCUT2D eigenvalue weighted by molar-refractivity contribution is 0.515. The highest BCUT2D eigenvalue weighted by molar-refractivity contribution is 5.53. The number of nitrogens with zero attached hydrogens (tertiary/aromatic N) is 2. The lowest BCUT2D eigenvalue weighted by Gasteiger charge is -2.13. The smallest absolute Gasteiger partial charge is 0.247 e. The van der Waals surface area contributed by atoms with E-state index in [1.165, 1.54) is 5.56 Å². The van der Waals surface area contributed by atoms with Gasteiger partial charge >= 0.3 is 0 Å². The van der Waals surface area contributed by atoms with Crippen LogP contribution < -0.4 is 5.32 Å². The van der Waals surface area contributed by atoms with Crippen LogP contribution in [0.4, 0.5) is 5.69 Å². The van der Waals surface area contributed by atoms with Crippen LogP contribution in [0.3, 0.4) is 0 Å². The van der Waals surface area contributed by atoms with Crippen LogP contribution in [0.25, 0.3) is 11.5 Å². The van der Waals surface area contributed by atoms with Crippen molar-refractivity contribution in [1.29, 1.82) is 0 Å². The molecule has 0 amide bonds. The highest BCUT2D eigenvalue weighted by Gasteiger charge is 2.09. The van der Waals surface area contributed by atoms with Gasteiger partial charge in [-0.25, -0.2) is 0 Å². The molecule has 3 aromatic rings. The molecule has 0 fully saturated rings. The van der Waals surface area contributed by atoms with Gasteiger partial charge in [0.2, 0.25) is 11.8 Å². The first-order valence-electron chi connectivity index (χ1n) is 7.44. The van der Waals surface area contributed by atoms with Crippen molar-refractivity contribution in [1.82, 2.24) is 10.2 Å². The molecule has 0 spiro atoms. The number of hydrogen-bond donors (Lipinski definition) is 1. The van der Waals surface area contributed by atoms with Crippen LogP contribution in [0, 0.1) is 0 Å². The summed E-state index contributed by atoms with van der Waals surface area (Å²) in [7, 11) is 0. The van der Waals surface area contributed by atoms with Crippen LogP contribution in [0.2, 0.25) is 0 Å². The lowest BCUT2D eigenvalue weighted by atomic mass is 10.0. The maximum absolute atomic E-state index is 5.71. The van der Waals surface area contributed by atoms with Crippen LogP contribution in [-0.4, -0.2) is 10.2 Å². The molecule has 22 heavy (non-hydrogen) atoms. The van der Waals surface area contributed by atoms with Crippen molar-refractivity contribution in [3.8, 4) is 11.5 Å². The van der Waals surface area contributed by atoms with Crippen molar-refractivity contribution in [3.05, 3.63) is 66.1 Å². The molecule has 2 aromatic carbocycles. The number of aromatic nitrogens is 2. The van der Waals surface area contributed by atoms with Crippen LogP contribution in [0.5, 0.6) is 0 Å². The van der Waals surface area contributed by atoms with Gasteiger partial charge in [0.1, 0.15) is 0 Å². The average Bonchev–Trinajstić information content (AvgIpc) is 3.03. The second-order valence-electron chi connectivity index (χ2n) is 5.46. The molecule has 4 nitrogen and oxygen atoms in total. The first-order valence-corrected chi connectivity index (χ1v) is 7.44. The Morgan fingerprint density at radius 2 is 1.68 bits per heavy atom. The van der Waals surface area contributed by atoms with Crippen molar-refractivity contribution >= 4 is 5.69 Å². The molecular weight excluding hydrogens is 274 g/mol. The molecule has 1 heterocycles. The zero-order chi connectivity index (χ0) is 15.4. The van der Waals surface area contributed by atoms with E-state index in [2.05, 4.69) is 47.6 Å². The second kappa shape index (κ2) is 6.43. The monoisotopic (exact) mass is 293 g/mol. The van der Waals surface area contributed by atoms with Crippen molar-refractivity contribution in [3.63, 3.8) is 0 Å². The standard InChI is InChI=1S/C18H19N3O/c1-13(2)15-10-6-7-11-16(15)19-12-17-20-21-18(22-17)14-8-4-3-5-9-14/h3-11,13,19H,12H2,1-2H3. The summed E-state index contributed by atoms with van der Waals surface area (Å²) in [5.74, 6) is 1.60. The quantitative estimate of drug-likeness (QED) is 0.754. The summed E-state index contributed by atoms with van der Waals surface area (Å²) in [4.78, 5) is 0. The number of para-hydroxylation sites is 1. The first-order chi connectivity index (χ1) is 10.7. The van der Waals surface area contributed by atoms with Crippen molar-refractivity contribution < 1.29 is 4.42 Å². The summed E-state index contributed by atoms with van der Waals surface area (Å²) in [6.45, 7) is 4.88. The fourth-order valence-corrected chi connectivity index (χ4v) is 2.35. The molecule has 0 aliphatic carbocycles. The molecule has 3 rings (SSSR count). The van der Waals surface area contributed by atoms with Gasteiger partial charge in [-0.05, 0) is 29.7 Å². The molecule has 0 saturated carbocycles. The Labute approximate surface area is 130 Å². The molecule has 0 bridgehead atoms. The number of benzene rings is 2. The number of nitrogens with one attached hydrogen (secondary N) is 1. The summed E-state index contributed by atoms with van der Waals surface area (Å²) in [5, 5.41) is 11.6. The van der Waals surface area contributed by atoms with Gasteiger partial charge in [0.25, 0.3) is 0 Å². The minimum Gasteiger partial charge on any atom is -0.419 e. The second-order valence-corrected chi connectivity index (χ2v) is 5.46. The Hall–Kier alpha value is -2.62. The third-order valence-electron chi connectivity index (χ3n) is 3.50. The fourth-order valence-electron chi connectivity index (χ4n) is 2.35. The van der Waals surface area contributed by atoms with Crippen LogP contribution >= 0.6 is 0 Å². The van der Waals surface area contributed by atoms with Gasteiger partial charge in [0.05, 0.1) is 6.54 Å². The predicted molar refractivity (Wildman–Crippen MR) is 87.6 cm³/mol. The van der Waals surface area contributed by atoms with Gasteiger partial charge in [-0.15, -0.1) is 10.2 Å². The van der Waals surface area contributed by atoms with Gasteiger partial charge in [0, 0.05) is 11.3 Å². The average molecular weight is 293 g/mol. The lowest BCUT2D eigenvalue weighted by Crippen LogP contribution is -2.03. The van der Waals surface area contributed by atoms with Gasteiger partial charge in [-0.2, -0.15) is 0 Å². The summed E-state index contributed by atoms with van der Waals surface area (Å²) in [6.07, 6.45) is 0. The van der Waals surface area contributed by atoms with Gasteiger partial charge < -0.3 is 9.73 Å². The molecule has 1 N–H and O–H groups in total. The topological polar surface area (TPSA) is 51.0 Å². The van der Waals surface area contributed by atoms with E-state index in [0.29, 0.717) is 24.2 Å². The van der Waals surface area contributed by atoms with Crippen LogP contribution in [0.1, 0.15) is 31.2 Å². The van der Waals surface area contributed by atoms with E-state index in [1.54, 1.807) is 0 Å². The third-order valence-corrected chi connectivity index (χ3v) is 3.50. The normalized spacial score (nSPS) is 10.9. The van der Waals surface area contributed by atoms with Gasteiger partial charge in [0.15, 0.2) is 0 Å². The van der Waals surface area contributed by atoms with Crippen molar-refractivity contribution in [2.24, 2.45) is 0 Å². The maximum atomic E-state index is 5.71. The van der Waals surface area contributed by atoms with Crippen LogP contribution in [0.15, 0.2) is 59.0 Å². The fraction of sp³-hybridized carbons (Fsp3) is 0.222. The Morgan fingerprint density at radius 1 is 0.955 bits per heavy atom. The van der Waals surface area contributed by atoms with E-state index in [1.807, 2.05) is 36.4 Å². The molecule has 112 valence electrons. The number of hydrogen-bond acceptors (Lipinski definition) is 4. The minimum absolute atomic E-state index is 0.464. The van der Waals surface area contributed by atoms with E-state index in [-0.39, 0.29) is 0 Å². The van der Waals surface area contributed by atoms with E-state index in [9.17, 15) is 0 Å². The molecule has 0 saturated heterocycles. The Morgan fingerprint density at radius 3 is 2.45 bits per heavy atom. The summed E-state index contributed by atoms with van der Waals surface area (Å²) in [6, 6.07) is 18.1. The molecule has 0 aliphatic rings. The van der Waals surface area contributed by atoms with Crippen molar-refractivity contribution in [2.75, 3.05) is 5.32 Å². The third kappa shape index (κ3) is 3.17. The number of rotatable bonds is 5. The Balaban J connectivity index is 1.72. The van der Waals surface area contributed by atoms with E-state index in [0.717, 1.165) is 11.3 Å². The Bertz CT molecular complexity index is 735. The zero-order valence-corrected chi connectivity index (χ0v) is 12.8. The van der Waals surface area contributed by atoms with Crippen LogP contribution in [-0.2, 0) is 6.54 Å². The van der Waals surface area contributed by atoms with Crippen molar-refractivity contribution in [2.45, 2.75) is 26.3 Å². The molecule has 1 aromatic heterocycles. The zero-order valence-electron chi connectivity index (χ0n) is 12.8. The summed E-state index contributed by atoms with van der Waals surface area (Å²) < 4.78 is 5.71. The predicted octanol–water partition coefficient (Wildman–Crippen LogP) is 4.47. The maximum Gasteiger partial charge on any atom is 0.247 e. The van der Waals surface area contributed by atoms with Gasteiger partial charge in [-0.3, -0.25) is 0 Å². The number of anilines is 1.